The van der Waals surface area contributed by atoms with E-state index < -0.39 is 21.6 Å². The molecular formula is C14H19NO5S. The minimum atomic E-state index is -3.81. The summed E-state index contributed by atoms with van der Waals surface area (Å²) in [5, 5.41) is 19.0. The number of carboxylic acids is 1. The predicted molar refractivity (Wildman–Crippen MR) is 76.9 cm³/mol. The van der Waals surface area contributed by atoms with Crippen molar-refractivity contribution in [1.29, 1.82) is 0 Å². The van der Waals surface area contributed by atoms with Gasteiger partial charge in [-0.1, -0.05) is 0 Å². The van der Waals surface area contributed by atoms with Gasteiger partial charge in [-0.25, -0.2) is 13.2 Å². The van der Waals surface area contributed by atoms with Crippen LogP contribution in [0.2, 0.25) is 0 Å². The van der Waals surface area contributed by atoms with Gasteiger partial charge in [-0.2, -0.15) is 4.31 Å². The molecule has 21 heavy (non-hydrogen) atoms. The van der Waals surface area contributed by atoms with Crippen LogP contribution in [0, 0.1) is 13.8 Å². The van der Waals surface area contributed by atoms with E-state index in [1.54, 1.807) is 20.8 Å². The fraction of sp³-hybridized carbons (Fsp3) is 0.500. The van der Waals surface area contributed by atoms with Crippen LogP contribution in [0.3, 0.4) is 0 Å². The molecule has 1 aliphatic rings. The van der Waals surface area contributed by atoms with Crippen molar-refractivity contribution in [1.82, 2.24) is 4.31 Å². The summed E-state index contributed by atoms with van der Waals surface area (Å²) in [4.78, 5) is 11.1. The lowest BCUT2D eigenvalue weighted by molar-refractivity contribution is 0.0695. The van der Waals surface area contributed by atoms with E-state index in [1.807, 2.05) is 0 Å². The van der Waals surface area contributed by atoms with Gasteiger partial charge >= 0.3 is 5.97 Å². The number of rotatable bonds is 3. The van der Waals surface area contributed by atoms with E-state index in [1.165, 1.54) is 16.4 Å². The van der Waals surface area contributed by atoms with Gasteiger partial charge in [0.05, 0.1) is 16.1 Å². The molecule has 1 aromatic carbocycles. The van der Waals surface area contributed by atoms with Crippen LogP contribution in [0.4, 0.5) is 0 Å². The largest absolute Gasteiger partial charge is 0.478 e. The number of carbonyl (C=O) groups is 1. The standard InChI is InChI=1S/C14H19NO5S/c1-9-6-11(13(16)17)7-12(10(9)2)21(19,20)15-5-4-14(3,18)8-15/h6-7,18H,4-5,8H2,1-3H3,(H,16,17). The van der Waals surface area contributed by atoms with E-state index in [2.05, 4.69) is 0 Å². The molecule has 1 atom stereocenters. The van der Waals surface area contributed by atoms with Gasteiger partial charge in [0.2, 0.25) is 10.0 Å². The van der Waals surface area contributed by atoms with E-state index >= 15 is 0 Å². The quantitative estimate of drug-likeness (QED) is 0.873. The smallest absolute Gasteiger partial charge is 0.335 e. The van der Waals surface area contributed by atoms with Crippen molar-refractivity contribution in [3.05, 3.63) is 28.8 Å². The van der Waals surface area contributed by atoms with Crippen molar-refractivity contribution < 1.29 is 23.4 Å². The molecule has 6 nitrogen and oxygen atoms in total. The third kappa shape index (κ3) is 2.95. The number of carboxylic acid groups (broad SMARTS) is 1. The average Bonchev–Trinajstić information content (AvgIpc) is 2.73. The molecule has 0 radical (unpaired) electrons. The molecule has 116 valence electrons. The van der Waals surface area contributed by atoms with Crippen molar-refractivity contribution in [3.63, 3.8) is 0 Å². The third-order valence-corrected chi connectivity index (χ3v) is 5.87. The Morgan fingerprint density at radius 2 is 1.95 bits per heavy atom. The molecular weight excluding hydrogens is 294 g/mol. The highest BCUT2D eigenvalue weighted by Crippen LogP contribution is 2.30. The number of hydrogen-bond donors (Lipinski definition) is 2. The number of aryl methyl sites for hydroxylation is 1. The number of benzene rings is 1. The fourth-order valence-electron chi connectivity index (χ4n) is 2.47. The van der Waals surface area contributed by atoms with Gasteiger partial charge in [0, 0.05) is 13.1 Å². The first-order valence-electron chi connectivity index (χ1n) is 6.62. The van der Waals surface area contributed by atoms with Crippen molar-refractivity contribution >= 4 is 16.0 Å². The molecule has 1 unspecified atom stereocenters. The van der Waals surface area contributed by atoms with Crippen LogP contribution in [-0.2, 0) is 10.0 Å². The average molecular weight is 313 g/mol. The maximum absolute atomic E-state index is 12.7. The maximum atomic E-state index is 12.7. The SMILES string of the molecule is Cc1cc(C(=O)O)cc(S(=O)(=O)N2CCC(C)(O)C2)c1C. The Morgan fingerprint density at radius 3 is 2.43 bits per heavy atom. The normalized spacial score (nSPS) is 23.4. The number of hydrogen-bond acceptors (Lipinski definition) is 4. The molecule has 2 rings (SSSR count). The lowest BCUT2D eigenvalue weighted by atomic mass is 10.1. The van der Waals surface area contributed by atoms with Crippen LogP contribution in [0.15, 0.2) is 17.0 Å². The summed E-state index contributed by atoms with van der Waals surface area (Å²) in [6.45, 7) is 5.17. The van der Waals surface area contributed by atoms with Crippen LogP contribution < -0.4 is 0 Å². The second kappa shape index (κ2) is 5.08. The summed E-state index contributed by atoms with van der Waals surface area (Å²) in [6, 6.07) is 2.64. The summed E-state index contributed by atoms with van der Waals surface area (Å²) in [7, 11) is -3.81. The summed E-state index contributed by atoms with van der Waals surface area (Å²) in [5.74, 6) is -1.16. The molecule has 1 heterocycles. The number of nitrogens with zero attached hydrogens (tertiary/aromatic N) is 1. The Morgan fingerprint density at radius 1 is 1.33 bits per heavy atom. The van der Waals surface area contributed by atoms with E-state index in [0.29, 0.717) is 17.5 Å². The van der Waals surface area contributed by atoms with Crippen LogP contribution in [0.25, 0.3) is 0 Å². The van der Waals surface area contributed by atoms with Crippen molar-refractivity contribution in [2.24, 2.45) is 0 Å². The molecule has 0 bridgehead atoms. The molecule has 7 heteroatoms. The summed E-state index contributed by atoms with van der Waals surface area (Å²) < 4.78 is 26.6. The zero-order chi connectivity index (χ0) is 16.0. The second-order valence-corrected chi connectivity index (χ2v) is 7.71. The molecule has 2 N–H and O–H groups in total. The second-order valence-electron chi connectivity index (χ2n) is 5.81. The van der Waals surface area contributed by atoms with Crippen LogP contribution in [-0.4, -0.2) is 47.6 Å². The Kier molecular flexibility index (Phi) is 3.86. The van der Waals surface area contributed by atoms with Crippen LogP contribution in [0.5, 0.6) is 0 Å². The molecule has 0 amide bonds. The molecule has 0 aromatic heterocycles. The van der Waals surface area contributed by atoms with Gasteiger partial charge in [-0.3, -0.25) is 0 Å². The maximum Gasteiger partial charge on any atom is 0.335 e. The van der Waals surface area contributed by atoms with E-state index in [0.717, 1.165) is 0 Å². The predicted octanol–water partition coefficient (Wildman–Crippen LogP) is 1.15. The topological polar surface area (TPSA) is 94.9 Å². The van der Waals surface area contributed by atoms with Crippen molar-refractivity contribution in [2.75, 3.05) is 13.1 Å². The monoisotopic (exact) mass is 313 g/mol. The fourth-order valence-corrected chi connectivity index (χ4v) is 4.35. The van der Waals surface area contributed by atoms with Crippen LogP contribution in [0.1, 0.15) is 34.8 Å². The Balaban J connectivity index is 2.53. The molecule has 0 aliphatic carbocycles. The lowest BCUT2D eigenvalue weighted by Crippen LogP contribution is -2.34. The van der Waals surface area contributed by atoms with Gasteiger partial charge in [-0.15, -0.1) is 0 Å². The van der Waals surface area contributed by atoms with Gasteiger partial charge in [0.1, 0.15) is 0 Å². The van der Waals surface area contributed by atoms with Gasteiger partial charge in [-0.05, 0) is 50.5 Å². The summed E-state index contributed by atoms with van der Waals surface area (Å²) >= 11 is 0. The molecule has 0 saturated carbocycles. The number of β-amino-alcohol motifs (C(OH)–C–C–N with tert-alkyl or cyclic N) is 1. The Hall–Kier alpha value is -1.44. The summed E-state index contributed by atoms with van der Waals surface area (Å²) in [5.41, 5.74) is 0.0501. The highest BCUT2D eigenvalue weighted by molar-refractivity contribution is 7.89. The third-order valence-electron chi connectivity index (χ3n) is 3.90. The molecule has 0 spiro atoms. The zero-order valence-corrected chi connectivity index (χ0v) is 13.1. The summed E-state index contributed by atoms with van der Waals surface area (Å²) in [6.07, 6.45) is 0.364. The van der Waals surface area contributed by atoms with Gasteiger partial charge in [0.15, 0.2) is 0 Å². The van der Waals surface area contributed by atoms with E-state index in [4.69, 9.17) is 5.11 Å². The lowest BCUT2D eigenvalue weighted by Gasteiger charge is -2.21. The first kappa shape index (κ1) is 15.9. The minimum absolute atomic E-state index is 0.00222. The Bertz CT molecular complexity index is 694. The highest BCUT2D eigenvalue weighted by Gasteiger charge is 2.39. The first-order valence-corrected chi connectivity index (χ1v) is 8.06. The number of aliphatic hydroxyl groups is 1. The van der Waals surface area contributed by atoms with Crippen molar-refractivity contribution in [2.45, 2.75) is 37.7 Å². The molecule has 1 saturated heterocycles. The molecule has 1 aromatic rings. The minimum Gasteiger partial charge on any atom is -0.478 e. The van der Waals surface area contributed by atoms with Crippen molar-refractivity contribution in [3.8, 4) is 0 Å². The highest BCUT2D eigenvalue weighted by atomic mass is 32.2. The van der Waals surface area contributed by atoms with Gasteiger partial charge < -0.3 is 10.2 Å². The zero-order valence-electron chi connectivity index (χ0n) is 12.3. The van der Waals surface area contributed by atoms with E-state index in [-0.39, 0.29) is 23.5 Å². The van der Waals surface area contributed by atoms with E-state index in [9.17, 15) is 18.3 Å². The van der Waals surface area contributed by atoms with Gasteiger partial charge in [0.25, 0.3) is 0 Å². The number of aromatic carboxylic acids is 1. The Labute approximate surface area is 124 Å². The first-order chi connectivity index (χ1) is 9.54. The molecule has 1 fully saturated rings. The molecule has 1 aliphatic heterocycles. The number of sulfonamides is 1. The van der Waals surface area contributed by atoms with Crippen LogP contribution >= 0.6 is 0 Å².